The van der Waals surface area contributed by atoms with Crippen molar-refractivity contribution in [2.24, 2.45) is 4.99 Å². The molecule has 5 aromatic rings. The predicted molar refractivity (Wildman–Crippen MR) is 225 cm³/mol. The van der Waals surface area contributed by atoms with E-state index in [1.165, 1.54) is 4.57 Å². The number of aromatic hydroxyl groups is 1. The third kappa shape index (κ3) is 6.09. The Labute approximate surface area is 318 Å². The van der Waals surface area contributed by atoms with Crippen LogP contribution in [0.2, 0.25) is 0 Å². The van der Waals surface area contributed by atoms with Gasteiger partial charge in [-0.3, -0.25) is 28.5 Å². The zero-order chi connectivity index (χ0) is 37.7. The molecule has 0 spiro atoms. The van der Waals surface area contributed by atoms with E-state index in [0.29, 0.717) is 27.3 Å². The molecule has 0 bridgehead atoms. The van der Waals surface area contributed by atoms with Crippen molar-refractivity contribution < 1.29 is 5.11 Å². The Morgan fingerprint density at radius 3 is 1.79 bits per heavy atom. The van der Waals surface area contributed by atoms with Gasteiger partial charge in [-0.2, -0.15) is 0 Å². The molecule has 0 radical (unpaired) electrons. The van der Waals surface area contributed by atoms with Gasteiger partial charge in [-0.15, -0.1) is 0 Å². The Hall–Kier alpha value is -4.04. The maximum Gasteiger partial charge on any atom is 0.261 e. The fourth-order valence-corrected chi connectivity index (χ4v) is 9.63. The molecule has 1 N–H and O–H groups in total. The minimum absolute atomic E-state index is 0.00769. The molecule has 0 amide bonds. The van der Waals surface area contributed by atoms with E-state index in [-0.39, 0.29) is 40.7 Å². The Kier molecular flexibility index (Phi) is 10.6. The lowest BCUT2D eigenvalue weighted by atomic mass is 9.83. The standard InChI is InChI=1S/C45H52BrN3O4/c1-7-10-13-16-25(4)47-35-24-33-37-31(43(51)49(45(33)53)27(6)18-15-12-9-3)21-19-28-38-34(46)23-32-36-30(22-20-29(40(36)38)39(35)41(28)37)42(50)48(44(32)52)26(5)17-14-11-8-2/h19-27,52H,7-18H2,1-6H3. The Morgan fingerprint density at radius 2 is 1.15 bits per heavy atom. The number of pyridine rings is 2. The Bertz CT molecular complexity index is 2660. The third-order valence-corrected chi connectivity index (χ3v) is 12.4. The maximum atomic E-state index is 14.5. The van der Waals surface area contributed by atoms with Crippen LogP contribution in [0.5, 0.6) is 5.88 Å². The summed E-state index contributed by atoms with van der Waals surface area (Å²) < 4.78 is 3.81. The molecule has 2 aliphatic rings. The molecule has 1 aliphatic heterocycles. The quantitative estimate of drug-likeness (QED) is 0.0637. The van der Waals surface area contributed by atoms with E-state index in [9.17, 15) is 19.5 Å². The molecule has 3 unspecified atom stereocenters. The van der Waals surface area contributed by atoms with E-state index in [2.05, 4.69) is 43.6 Å². The SMILES string of the molecule is CCCCCC(C)N=c1cc2c(=O)n(C(C)CCCCC)c(=O)c3ccc4c(c3-2)c1c1ccc2c(=O)n(C(C)CCCCC)c(O)c3cc(Br)c4c1c32. The summed E-state index contributed by atoms with van der Waals surface area (Å²) in [6.45, 7) is 12.6. The van der Waals surface area contributed by atoms with Gasteiger partial charge in [0.05, 0.1) is 10.9 Å². The Balaban J connectivity index is 1.63. The summed E-state index contributed by atoms with van der Waals surface area (Å²) in [4.78, 5) is 48.5. The molecular weight excluding hydrogens is 726 g/mol. The molecule has 278 valence electrons. The van der Waals surface area contributed by atoms with Crippen LogP contribution in [-0.4, -0.2) is 20.3 Å². The van der Waals surface area contributed by atoms with Gasteiger partial charge in [0.15, 0.2) is 0 Å². The number of nitrogens with zero attached hydrogens (tertiary/aromatic N) is 3. The largest absolute Gasteiger partial charge is 0.494 e. The van der Waals surface area contributed by atoms with Crippen LogP contribution in [-0.2, 0) is 0 Å². The average Bonchev–Trinajstić information content (AvgIpc) is 3.13. The highest BCUT2D eigenvalue weighted by molar-refractivity contribution is 9.10. The van der Waals surface area contributed by atoms with Gasteiger partial charge in [0.2, 0.25) is 5.88 Å². The first kappa shape index (κ1) is 37.3. The molecule has 2 heterocycles. The highest BCUT2D eigenvalue weighted by atomic mass is 79.9. The molecule has 3 atom stereocenters. The summed E-state index contributed by atoms with van der Waals surface area (Å²) in [5.74, 6) is -0.0225. The second kappa shape index (κ2) is 15.0. The van der Waals surface area contributed by atoms with Gasteiger partial charge >= 0.3 is 0 Å². The minimum Gasteiger partial charge on any atom is -0.494 e. The number of hydrogen-bond donors (Lipinski definition) is 1. The number of benzene rings is 5. The second-order valence-electron chi connectivity index (χ2n) is 15.6. The lowest BCUT2D eigenvalue weighted by molar-refractivity contribution is 0.370. The summed E-state index contributed by atoms with van der Waals surface area (Å²) in [6, 6.07) is 11.2. The smallest absolute Gasteiger partial charge is 0.261 e. The van der Waals surface area contributed by atoms with Crippen molar-refractivity contribution in [1.29, 1.82) is 0 Å². The van der Waals surface area contributed by atoms with Crippen molar-refractivity contribution in [2.45, 2.75) is 137 Å². The summed E-state index contributed by atoms with van der Waals surface area (Å²) >= 11 is 3.90. The monoisotopic (exact) mass is 777 g/mol. The summed E-state index contributed by atoms with van der Waals surface area (Å²) in [5, 5.41) is 20.3. The molecule has 8 heteroatoms. The molecular formula is C45H52BrN3O4. The van der Waals surface area contributed by atoms with Crippen molar-refractivity contribution in [3.8, 4) is 17.0 Å². The Morgan fingerprint density at radius 1 is 0.604 bits per heavy atom. The lowest BCUT2D eigenvalue weighted by Gasteiger charge is -2.24. The van der Waals surface area contributed by atoms with E-state index < -0.39 is 0 Å². The summed E-state index contributed by atoms with van der Waals surface area (Å²) in [5.41, 5.74) is 0.467. The zero-order valence-corrected chi connectivity index (χ0v) is 33.7. The van der Waals surface area contributed by atoms with Crippen LogP contribution in [0.15, 0.2) is 60.2 Å². The highest BCUT2D eigenvalue weighted by Crippen LogP contribution is 2.48. The van der Waals surface area contributed by atoms with Crippen LogP contribution >= 0.6 is 15.9 Å². The van der Waals surface area contributed by atoms with Crippen LogP contribution in [0.1, 0.15) is 131 Å². The van der Waals surface area contributed by atoms with Crippen molar-refractivity contribution in [2.75, 3.05) is 0 Å². The lowest BCUT2D eigenvalue weighted by Crippen LogP contribution is -2.38. The van der Waals surface area contributed by atoms with Gasteiger partial charge in [-0.1, -0.05) is 107 Å². The fraction of sp³-hybridized carbons (Fsp3) is 0.467. The minimum atomic E-state index is -0.265. The average molecular weight is 779 g/mol. The first-order valence-corrected chi connectivity index (χ1v) is 20.8. The van der Waals surface area contributed by atoms with Crippen LogP contribution in [0.25, 0.3) is 65.0 Å². The van der Waals surface area contributed by atoms with Crippen LogP contribution in [0.3, 0.4) is 0 Å². The topological polar surface area (TPSA) is 93.7 Å². The third-order valence-electron chi connectivity index (χ3n) is 11.8. The molecule has 7 nitrogen and oxygen atoms in total. The molecule has 0 saturated heterocycles. The highest BCUT2D eigenvalue weighted by Gasteiger charge is 2.29. The van der Waals surface area contributed by atoms with Crippen molar-refractivity contribution >= 4 is 69.8 Å². The first-order chi connectivity index (χ1) is 25.5. The van der Waals surface area contributed by atoms with Crippen molar-refractivity contribution in [1.82, 2.24) is 9.13 Å². The number of fused-ring (bicyclic) bond motifs is 2. The fourth-order valence-electron chi connectivity index (χ4n) is 8.99. The predicted octanol–water partition coefficient (Wildman–Crippen LogP) is 11.2. The molecule has 7 rings (SSSR count). The normalized spacial score (nSPS) is 14.7. The molecule has 53 heavy (non-hydrogen) atoms. The van der Waals surface area contributed by atoms with Gasteiger partial charge < -0.3 is 5.11 Å². The summed E-state index contributed by atoms with van der Waals surface area (Å²) in [6.07, 6.45) is 12.0. The first-order valence-electron chi connectivity index (χ1n) is 20.0. The maximum absolute atomic E-state index is 14.5. The van der Waals surface area contributed by atoms with Crippen molar-refractivity contribution in [3.63, 3.8) is 0 Å². The van der Waals surface area contributed by atoms with E-state index >= 15 is 0 Å². The van der Waals surface area contributed by atoms with Crippen LogP contribution in [0.4, 0.5) is 0 Å². The van der Waals surface area contributed by atoms with E-state index in [0.717, 1.165) is 125 Å². The second-order valence-corrected chi connectivity index (χ2v) is 16.4. The van der Waals surface area contributed by atoms with Crippen molar-refractivity contribution in [3.05, 3.63) is 77.3 Å². The number of unbranched alkanes of at least 4 members (excludes halogenated alkanes) is 6. The van der Waals surface area contributed by atoms with E-state index in [4.69, 9.17) is 4.99 Å². The summed E-state index contributed by atoms with van der Waals surface area (Å²) in [7, 11) is 0. The molecule has 1 aliphatic carbocycles. The molecule has 0 saturated carbocycles. The van der Waals surface area contributed by atoms with Gasteiger partial charge in [0.25, 0.3) is 16.7 Å². The molecule has 1 aromatic heterocycles. The van der Waals surface area contributed by atoms with E-state index in [1.54, 1.807) is 4.57 Å². The van der Waals surface area contributed by atoms with Gasteiger partial charge in [0.1, 0.15) is 0 Å². The number of halogens is 1. The van der Waals surface area contributed by atoms with Crippen LogP contribution < -0.4 is 22.0 Å². The molecule has 4 aromatic carbocycles. The zero-order valence-electron chi connectivity index (χ0n) is 32.1. The van der Waals surface area contributed by atoms with Gasteiger partial charge in [-0.25, -0.2) is 0 Å². The number of rotatable bonds is 15. The van der Waals surface area contributed by atoms with Gasteiger partial charge in [0, 0.05) is 71.3 Å². The molecule has 0 fully saturated rings. The number of hydrogen-bond acceptors (Lipinski definition) is 5. The van der Waals surface area contributed by atoms with Gasteiger partial charge in [-0.05, 0) is 75.1 Å². The van der Waals surface area contributed by atoms with Crippen LogP contribution in [0, 0.1) is 0 Å². The van der Waals surface area contributed by atoms with E-state index in [1.807, 2.05) is 50.2 Å². The number of aromatic nitrogens is 2.